The maximum Gasteiger partial charge on any atom is 0.153 e. The van der Waals surface area contributed by atoms with E-state index in [0.717, 1.165) is 18.4 Å². The van der Waals surface area contributed by atoms with Gasteiger partial charge in [-0.05, 0) is 18.2 Å². The lowest BCUT2D eigenvalue weighted by Gasteiger charge is -2.08. The molecule has 4 nitrogen and oxygen atoms in total. The second kappa shape index (κ2) is 5.30. The van der Waals surface area contributed by atoms with Crippen LogP contribution in [0.25, 0.3) is 0 Å². The Balaban J connectivity index is 1.94. The molecule has 4 heteroatoms. The van der Waals surface area contributed by atoms with Gasteiger partial charge in [0.05, 0.1) is 12.2 Å². The molecule has 0 saturated carbocycles. The Morgan fingerprint density at radius 3 is 2.88 bits per heavy atom. The van der Waals surface area contributed by atoms with Gasteiger partial charge in [0, 0.05) is 25.4 Å². The average molecular weight is 230 g/mol. The van der Waals surface area contributed by atoms with E-state index in [1.807, 2.05) is 29.9 Å². The number of para-hydroxylation sites is 1. The summed E-state index contributed by atoms with van der Waals surface area (Å²) in [6.45, 7) is 0.532. The smallest absolute Gasteiger partial charge is 0.153 e. The zero-order chi connectivity index (χ0) is 12.1. The van der Waals surface area contributed by atoms with Gasteiger partial charge in [0.1, 0.15) is 5.75 Å². The van der Waals surface area contributed by atoms with Crippen molar-refractivity contribution in [2.75, 3.05) is 6.61 Å². The van der Waals surface area contributed by atoms with Crippen LogP contribution in [0, 0.1) is 0 Å². The van der Waals surface area contributed by atoms with Crippen LogP contribution in [0.5, 0.6) is 5.75 Å². The number of ether oxygens (including phenoxy) is 1. The number of aryl methyl sites for hydroxylation is 1. The summed E-state index contributed by atoms with van der Waals surface area (Å²) in [4.78, 5) is 10.8. The maximum atomic E-state index is 10.8. The summed E-state index contributed by atoms with van der Waals surface area (Å²) in [6, 6.07) is 9.17. The Kier molecular flexibility index (Phi) is 3.55. The molecule has 0 aliphatic heterocycles. The van der Waals surface area contributed by atoms with Crippen molar-refractivity contribution in [2.24, 2.45) is 7.05 Å². The van der Waals surface area contributed by atoms with Crippen molar-refractivity contribution in [3.63, 3.8) is 0 Å². The van der Waals surface area contributed by atoms with E-state index in [2.05, 4.69) is 5.10 Å². The quantitative estimate of drug-likeness (QED) is 0.736. The number of hydrogen-bond acceptors (Lipinski definition) is 3. The zero-order valence-corrected chi connectivity index (χ0v) is 9.67. The molecule has 2 rings (SSSR count). The first kappa shape index (κ1) is 11.4. The number of aldehydes is 1. The first-order chi connectivity index (χ1) is 8.31. The molecule has 0 bridgehead atoms. The number of carbonyl (C=O) groups excluding carboxylic acids is 1. The van der Waals surface area contributed by atoms with Crippen molar-refractivity contribution in [1.82, 2.24) is 9.78 Å². The van der Waals surface area contributed by atoms with Crippen LogP contribution in [0.4, 0.5) is 0 Å². The largest absolute Gasteiger partial charge is 0.492 e. The molecule has 0 amide bonds. The second-order valence-electron chi connectivity index (χ2n) is 3.70. The summed E-state index contributed by atoms with van der Waals surface area (Å²) in [7, 11) is 1.90. The molecular formula is C13H14N2O2. The van der Waals surface area contributed by atoms with Crippen molar-refractivity contribution in [3.05, 3.63) is 47.8 Å². The maximum absolute atomic E-state index is 10.8. The molecule has 0 aliphatic rings. The van der Waals surface area contributed by atoms with Gasteiger partial charge in [-0.1, -0.05) is 12.1 Å². The third kappa shape index (κ3) is 2.72. The van der Waals surface area contributed by atoms with Gasteiger partial charge in [0.25, 0.3) is 0 Å². The van der Waals surface area contributed by atoms with Crippen LogP contribution in [-0.2, 0) is 13.5 Å². The minimum atomic E-state index is 0.532. The van der Waals surface area contributed by atoms with Gasteiger partial charge in [-0.3, -0.25) is 9.48 Å². The highest BCUT2D eigenvalue weighted by molar-refractivity contribution is 5.79. The predicted octanol–water partition coefficient (Wildman–Crippen LogP) is 1.85. The van der Waals surface area contributed by atoms with Gasteiger partial charge >= 0.3 is 0 Å². The van der Waals surface area contributed by atoms with Crippen molar-refractivity contribution < 1.29 is 9.53 Å². The fourth-order valence-electron chi connectivity index (χ4n) is 1.62. The Labute approximate surface area is 99.8 Å². The summed E-state index contributed by atoms with van der Waals surface area (Å²) in [5.41, 5.74) is 1.69. The molecule has 0 radical (unpaired) electrons. The highest BCUT2D eigenvalue weighted by atomic mass is 16.5. The van der Waals surface area contributed by atoms with Crippen LogP contribution in [0.1, 0.15) is 16.1 Å². The second-order valence-corrected chi connectivity index (χ2v) is 3.70. The molecule has 1 aromatic carbocycles. The highest BCUT2D eigenvalue weighted by Crippen LogP contribution is 2.15. The molecule has 1 heterocycles. The number of nitrogens with zero attached hydrogens (tertiary/aromatic N) is 2. The summed E-state index contributed by atoms with van der Waals surface area (Å²) in [5.74, 6) is 0.629. The molecule has 0 atom stereocenters. The van der Waals surface area contributed by atoms with Gasteiger partial charge in [-0.15, -0.1) is 0 Å². The summed E-state index contributed by atoms with van der Waals surface area (Å²) >= 11 is 0. The van der Waals surface area contributed by atoms with Gasteiger partial charge in [-0.25, -0.2) is 0 Å². The fourth-order valence-corrected chi connectivity index (χ4v) is 1.62. The highest BCUT2D eigenvalue weighted by Gasteiger charge is 2.02. The molecule has 1 aromatic heterocycles. The van der Waals surface area contributed by atoms with Crippen molar-refractivity contribution in [3.8, 4) is 5.75 Å². The zero-order valence-electron chi connectivity index (χ0n) is 9.67. The topological polar surface area (TPSA) is 44.1 Å². The van der Waals surface area contributed by atoms with Crippen molar-refractivity contribution >= 4 is 6.29 Å². The number of carbonyl (C=O) groups is 1. The first-order valence-corrected chi connectivity index (χ1v) is 5.45. The van der Waals surface area contributed by atoms with Crippen molar-refractivity contribution in [2.45, 2.75) is 6.42 Å². The van der Waals surface area contributed by atoms with Crippen LogP contribution < -0.4 is 4.74 Å². The van der Waals surface area contributed by atoms with E-state index in [0.29, 0.717) is 17.9 Å². The molecular weight excluding hydrogens is 216 g/mol. The lowest BCUT2D eigenvalue weighted by Crippen LogP contribution is -2.06. The van der Waals surface area contributed by atoms with Gasteiger partial charge in [0.2, 0.25) is 0 Å². The average Bonchev–Trinajstić information content (AvgIpc) is 2.76. The molecule has 2 aromatic rings. The van der Waals surface area contributed by atoms with E-state index < -0.39 is 0 Å². The minimum absolute atomic E-state index is 0.532. The normalized spacial score (nSPS) is 10.2. The molecule has 0 spiro atoms. The minimum Gasteiger partial charge on any atom is -0.492 e. The van der Waals surface area contributed by atoms with Crippen LogP contribution in [-0.4, -0.2) is 22.7 Å². The third-order valence-electron chi connectivity index (χ3n) is 2.58. The first-order valence-electron chi connectivity index (χ1n) is 5.45. The van der Waals surface area contributed by atoms with Crippen LogP contribution in [0.15, 0.2) is 36.5 Å². The molecule has 88 valence electrons. The van der Waals surface area contributed by atoms with Crippen LogP contribution in [0.2, 0.25) is 0 Å². The molecule has 0 aliphatic carbocycles. The third-order valence-corrected chi connectivity index (χ3v) is 2.58. The lowest BCUT2D eigenvalue weighted by atomic mass is 10.2. The number of hydrogen-bond donors (Lipinski definition) is 0. The van der Waals surface area contributed by atoms with Crippen molar-refractivity contribution in [1.29, 1.82) is 0 Å². The number of rotatable bonds is 5. The Morgan fingerprint density at radius 1 is 1.35 bits per heavy atom. The van der Waals surface area contributed by atoms with Gasteiger partial charge in [0.15, 0.2) is 6.29 Å². The Bertz CT molecular complexity index is 506. The molecule has 0 unspecified atom stereocenters. The summed E-state index contributed by atoms with van der Waals surface area (Å²) < 4.78 is 7.40. The molecule has 17 heavy (non-hydrogen) atoms. The standard InChI is InChI=1S/C13H14N2O2/c1-15-12(6-8-14-15)7-9-17-13-5-3-2-4-11(13)10-16/h2-6,8,10H,7,9H2,1H3. The molecule has 0 N–H and O–H groups in total. The predicted molar refractivity (Wildman–Crippen MR) is 64.2 cm³/mol. The van der Waals surface area contributed by atoms with E-state index in [1.165, 1.54) is 0 Å². The van der Waals surface area contributed by atoms with E-state index in [1.54, 1.807) is 18.3 Å². The lowest BCUT2D eigenvalue weighted by molar-refractivity contribution is 0.111. The Morgan fingerprint density at radius 2 is 2.18 bits per heavy atom. The SMILES string of the molecule is Cn1nccc1CCOc1ccccc1C=O. The van der Waals surface area contributed by atoms with E-state index in [-0.39, 0.29) is 0 Å². The summed E-state index contributed by atoms with van der Waals surface area (Å²) in [5, 5.41) is 4.08. The van der Waals surface area contributed by atoms with Gasteiger partial charge in [-0.2, -0.15) is 5.10 Å². The number of benzene rings is 1. The monoisotopic (exact) mass is 230 g/mol. The van der Waals surface area contributed by atoms with E-state index in [9.17, 15) is 4.79 Å². The van der Waals surface area contributed by atoms with E-state index >= 15 is 0 Å². The van der Waals surface area contributed by atoms with Gasteiger partial charge < -0.3 is 4.74 Å². The van der Waals surface area contributed by atoms with Crippen LogP contribution in [0.3, 0.4) is 0 Å². The number of aromatic nitrogens is 2. The molecule has 0 fully saturated rings. The Hall–Kier alpha value is -2.10. The molecule has 0 saturated heterocycles. The van der Waals surface area contributed by atoms with Crippen LogP contribution >= 0.6 is 0 Å². The fraction of sp³-hybridized carbons (Fsp3) is 0.231. The van der Waals surface area contributed by atoms with E-state index in [4.69, 9.17) is 4.74 Å². The summed E-state index contributed by atoms with van der Waals surface area (Å²) in [6.07, 6.45) is 3.33.